The van der Waals surface area contributed by atoms with E-state index in [-0.39, 0.29) is 19.0 Å². The first-order valence-electron chi connectivity index (χ1n) is 4.03. The maximum Gasteiger partial charge on any atom is 0.184 e. The average molecular weight is 170 g/mol. The van der Waals surface area contributed by atoms with Crippen LogP contribution in [0, 0.1) is 0 Å². The number of rotatable bonds is 4. The highest BCUT2D eigenvalue weighted by Gasteiger charge is 2.24. The van der Waals surface area contributed by atoms with Crippen LogP contribution >= 0.6 is 0 Å². The van der Waals surface area contributed by atoms with Crippen LogP contribution in [-0.4, -0.2) is 30.7 Å². The molecule has 0 spiro atoms. The van der Waals surface area contributed by atoms with Gasteiger partial charge in [0.05, 0.1) is 6.61 Å². The van der Waals surface area contributed by atoms with Crippen molar-refractivity contribution in [2.24, 2.45) is 0 Å². The van der Waals surface area contributed by atoms with Gasteiger partial charge in [-0.3, -0.25) is 0 Å². The zero-order valence-electron chi connectivity index (χ0n) is 7.19. The SMILES string of the molecule is C=CC1=CC(CO)OC1OCC. The summed E-state index contributed by atoms with van der Waals surface area (Å²) in [4.78, 5) is 0. The highest BCUT2D eigenvalue weighted by molar-refractivity contribution is 5.24. The summed E-state index contributed by atoms with van der Waals surface area (Å²) in [7, 11) is 0. The molecule has 1 aliphatic rings. The van der Waals surface area contributed by atoms with Gasteiger partial charge >= 0.3 is 0 Å². The van der Waals surface area contributed by atoms with Crippen molar-refractivity contribution in [1.29, 1.82) is 0 Å². The second-order valence-corrected chi connectivity index (χ2v) is 2.52. The van der Waals surface area contributed by atoms with Gasteiger partial charge in [-0.1, -0.05) is 12.7 Å². The maximum absolute atomic E-state index is 8.81. The van der Waals surface area contributed by atoms with Gasteiger partial charge in [-0.25, -0.2) is 0 Å². The van der Waals surface area contributed by atoms with E-state index in [4.69, 9.17) is 14.6 Å². The van der Waals surface area contributed by atoms with Gasteiger partial charge in [0.1, 0.15) is 6.10 Å². The summed E-state index contributed by atoms with van der Waals surface area (Å²) in [5.41, 5.74) is 0.899. The molecule has 1 N–H and O–H groups in total. The quantitative estimate of drug-likeness (QED) is 0.680. The Hall–Kier alpha value is -0.640. The van der Waals surface area contributed by atoms with Crippen LogP contribution in [-0.2, 0) is 9.47 Å². The first-order valence-corrected chi connectivity index (χ1v) is 4.03. The largest absolute Gasteiger partial charge is 0.393 e. The minimum atomic E-state index is -0.343. The number of hydrogen-bond donors (Lipinski definition) is 1. The lowest BCUT2D eigenvalue weighted by Crippen LogP contribution is -2.19. The van der Waals surface area contributed by atoms with Crippen molar-refractivity contribution in [3.05, 3.63) is 24.3 Å². The minimum absolute atomic E-state index is 0.0130. The van der Waals surface area contributed by atoms with Crippen molar-refractivity contribution < 1.29 is 14.6 Å². The van der Waals surface area contributed by atoms with Crippen molar-refractivity contribution in [3.8, 4) is 0 Å². The van der Waals surface area contributed by atoms with Gasteiger partial charge in [0, 0.05) is 12.2 Å². The van der Waals surface area contributed by atoms with E-state index in [1.807, 2.05) is 13.0 Å². The van der Waals surface area contributed by atoms with Crippen LogP contribution in [0.3, 0.4) is 0 Å². The van der Waals surface area contributed by atoms with E-state index in [9.17, 15) is 0 Å². The van der Waals surface area contributed by atoms with Crippen LogP contribution in [0.2, 0.25) is 0 Å². The molecule has 68 valence electrons. The Balaban J connectivity index is 2.56. The molecule has 0 aromatic heterocycles. The van der Waals surface area contributed by atoms with Crippen molar-refractivity contribution in [2.75, 3.05) is 13.2 Å². The van der Waals surface area contributed by atoms with E-state index in [0.29, 0.717) is 6.61 Å². The molecule has 3 heteroatoms. The minimum Gasteiger partial charge on any atom is -0.393 e. The molecule has 1 rings (SSSR count). The van der Waals surface area contributed by atoms with Crippen LogP contribution in [0.4, 0.5) is 0 Å². The van der Waals surface area contributed by atoms with E-state index in [2.05, 4.69) is 6.58 Å². The zero-order valence-corrected chi connectivity index (χ0v) is 7.19. The fourth-order valence-electron chi connectivity index (χ4n) is 1.12. The second kappa shape index (κ2) is 4.40. The topological polar surface area (TPSA) is 38.7 Å². The third-order valence-electron chi connectivity index (χ3n) is 1.68. The summed E-state index contributed by atoms with van der Waals surface area (Å²) in [5, 5.41) is 8.81. The lowest BCUT2D eigenvalue weighted by Gasteiger charge is -2.13. The average Bonchev–Trinajstić information content (AvgIpc) is 2.48. The molecule has 0 aliphatic carbocycles. The van der Waals surface area contributed by atoms with Gasteiger partial charge in [0.25, 0.3) is 0 Å². The van der Waals surface area contributed by atoms with Gasteiger partial charge in [-0.05, 0) is 13.0 Å². The highest BCUT2D eigenvalue weighted by Crippen LogP contribution is 2.21. The van der Waals surface area contributed by atoms with Gasteiger partial charge in [0.15, 0.2) is 6.29 Å². The lowest BCUT2D eigenvalue weighted by atomic mass is 10.2. The first-order chi connectivity index (χ1) is 5.81. The van der Waals surface area contributed by atoms with Crippen LogP contribution in [0.25, 0.3) is 0 Å². The summed E-state index contributed by atoms with van der Waals surface area (Å²) in [6.45, 7) is 6.11. The Bertz CT molecular complexity index is 186. The molecule has 0 aromatic rings. The van der Waals surface area contributed by atoms with E-state index < -0.39 is 0 Å². The molecule has 2 unspecified atom stereocenters. The number of aliphatic hydroxyl groups excluding tert-OH is 1. The summed E-state index contributed by atoms with van der Waals surface area (Å²) < 4.78 is 10.6. The molecular weight excluding hydrogens is 156 g/mol. The molecule has 0 bridgehead atoms. The monoisotopic (exact) mass is 170 g/mol. The van der Waals surface area contributed by atoms with Crippen molar-refractivity contribution >= 4 is 0 Å². The molecule has 0 fully saturated rings. The molecular formula is C9H14O3. The molecule has 12 heavy (non-hydrogen) atoms. The van der Waals surface area contributed by atoms with Crippen molar-refractivity contribution in [1.82, 2.24) is 0 Å². The summed E-state index contributed by atoms with van der Waals surface area (Å²) in [6, 6.07) is 0. The highest BCUT2D eigenvalue weighted by atomic mass is 16.7. The molecule has 1 aliphatic heterocycles. The molecule has 1 heterocycles. The lowest BCUT2D eigenvalue weighted by molar-refractivity contribution is -0.125. The summed E-state index contributed by atoms with van der Waals surface area (Å²) >= 11 is 0. The number of aliphatic hydroxyl groups is 1. The molecule has 0 radical (unpaired) electrons. The van der Waals surface area contributed by atoms with Gasteiger partial charge < -0.3 is 14.6 Å². The van der Waals surface area contributed by atoms with E-state index in [1.54, 1.807) is 6.08 Å². The fourth-order valence-corrected chi connectivity index (χ4v) is 1.12. The van der Waals surface area contributed by atoms with E-state index in [0.717, 1.165) is 5.57 Å². The Morgan fingerprint density at radius 1 is 1.83 bits per heavy atom. The zero-order chi connectivity index (χ0) is 8.97. The predicted octanol–water partition coefficient (Wildman–Crippen LogP) is 0.853. The molecule has 3 nitrogen and oxygen atoms in total. The summed E-state index contributed by atoms with van der Waals surface area (Å²) in [5.74, 6) is 0. The molecule has 0 saturated carbocycles. The fraction of sp³-hybridized carbons (Fsp3) is 0.556. The molecule has 0 amide bonds. The first kappa shape index (κ1) is 9.45. The van der Waals surface area contributed by atoms with E-state index in [1.165, 1.54) is 0 Å². The molecule has 0 aromatic carbocycles. The van der Waals surface area contributed by atoms with Gasteiger partial charge in [-0.15, -0.1) is 0 Å². The Labute approximate surface area is 72.3 Å². The standard InChI is InChI=1S/C9H14O3/c1-3-7-5-8(6-10)12-9(7)11-4-2/h3,5,8-10H,1,4,6H2,2H3. The van der Waals surface area contributed by atoms with Crippen LogP contribution in [0.5, 0.6) is 0 Å². The Kier molecular flexibility index (Phi) is 3.47. The Morgan fingerprint density at radius 3 is 3.08 bits per heavy atom. The van der Waals surface area contributed by atoms with E-state index >= 15 is 0 Å². The molecule has 0 saturated heterocycles. The van der Waals surface area contributed by atoms with Crippen molar-refractivity contribution in [3.63, 3.8) is 0 Å². The Morgan fingerprint density at radius 2 is 2.58 bits per heavy atom. The third-order valence-corrected chi connectivity index (χ3v) is 1.68. The molecule has 2 atom stereocenters. The normalized spacial score (nSPS) is 28.7. The van der Waals surface area contributed by atoms with Crippen molar-refractivity contribution in [2.45, 2.75) is 19.3 Å². The van der Waals surface area contributed by atoms with Crippen LogP contribution in [0.15, 0.2) is 24.3 Å². The third kappa shape index (κ3) is 1.94. The number of hydrogen-bond acceptors (Lipinski definition) is 3. The maximum atomic E-state index is 8.81. The van der Waals surface area contributed by atoms with Crippen LogP contribution < -0.4 is 0 Å². The van der Waals surface area contributed by atoms with Gasteiger partial charge in [-0.2, -0.15) is 0 Å². The number of ether oxygens (including phenoxy) is 2. The van der Waals surface area contributed by atoms with Gasteiger partial charge in [0.2, 0.25) is 0 Å². The summed E-state index contributed by atoms with van der Waals surface area (Å²) in [6.07, 6.45) is 2.93. The second-order valence-electron chi connectivity index (χ2n) is 2.52. The smallest absolute Gasteiger partial charge is 0.184 e. The predicted molar refractivity (Wildman–Crippen MR) is 45.7 cm³/mol. The van der Waals surface area contributed by atoms with Crippen LogP contribution in [0.1, 0.15) is 6.92 Å².